The highest BCUT2D eigenvalue weighted by Crippen LogP contribution is 1.58. The van der Waals surface area contributed by atoms with Crippen molar-refractivity contribution in [2.45, 2.75) is 6.92 Å². The second-order valence-corrected chi connectivity index (χ2v) is 0.822. The van der Waals surface area contributed by atoms with Gasteiger partial charge in [-0.25, -0.2) is 0 Å². The van der Waals surface area contributed by atoms with Gasteiger partial charge in [0.2, 0.25) is 0 Å². The van der Waals surface area contributed by atoms with E-state index >= 15 is 0 Å². The molecule has 0 amide bonds. The Labute approximate surface area is 37.8 Å². The molecule has 0 atom stereocenters. The summed E-state index contributed by atoms with van der Waals surface area (Å²) in [5.41, 5.74) is 2.52. The molecule has 0 aromatic carbocycles. The van der Waals surface area contributed by atoms with Gasteiger partial charge >= 0.3 is 0 Å². The third-order valence-corrected chi connectivity index (χ3v) is 0.353. The van der Waals surface area contributed by atoms with Gasteiger partial charge in [-0.05, 0) is 6.92 Å². The van der Waals surface area contributed by atoms with Gasteiger partial charge in [0.1, 0.15) is 0 Å². The monoisotopic (exact) mass is 87.1 g/mol. The van der Waals surface area contributed by atoms with Crippen LogP contribution in [-0.2, 0) is 4.84 Å². The molecule has 0 aliphatic rings. The molecular weight excluding hydrogens is 78.0 g/mol. The van der Waals surface area contributed by atoms with Gasteiger partial charge in [-0.2, -0.15) is 0 Å². The minimum absolute atomic E-state index is 1.57. The summed E-state index contributed by atoms with van der Waals surface area (Å²) in [4.78, 5) is 4.45. The summed E-state index contributed by atoms with van der Waals surface area (Å²) in [7, 11) is 1.57. The highest BCUT2D eigenvalue weighted by Gasteiger charge is 1.56. The Hall–Kier alpha value is -0.500. The summed E-state index contributed by atoms with van der Waals surface area (Å²) in [5, 5.41) is 0. The largest absolute Gasteiger partial charge is 0.280 e. The zero-order valence-corrected chi connectivity index (χ0v) is 4.06. The quantitative estimate of drug-likeness (QED) is 0.500. The van der Waals surface area contributed by atoms with Crippen LogP contribution >= 0.6 is 0 Å². The van der Waals surface area contributed by atoms with Gasteiger partial charge in [0.25, 0.3) is 0 Å². The summed E-state index contributed by atoms with van der Waals surface area (Å²) in [6.07, 6.45) is 3.56. The van der Waals surface area contributed by atoms with Crippen molar-refractivity contribution in [3.05, 3.63) is 12.3 Å². The summed E-state index contributed by atoms with van der Waals surface area (Å²) >= 11 is 0. The molecule has 0 unspecified atom stereocenters. The number of allylic oxidation sites excluding steroid dienone is 1. The molecule has 2 nitrogen and oxygen atoms in total. The van der Waals surface area contributed by atoms with Crippen LogP contribution in [0.1, 0.15) is 6.92 Å². The second-order valence-electron chi connectivity index (χ2n) is 0.822. The van der Waals surface area contributed by atoms with Crippen LogP contribution < -0.4 is 5.48 Å². The molecular formula is C4H9NO. The third-order valence-electron chi connectivity index (χ3n) is 0.353. The van der Waals surface area contributed by atoms with Crippen LogP contribution in [0, 0.1) is 0 Å². The fraction of sp³-hybridized carbons (Fsp3) is 0.500. The maximum atomic E-state index is 4.45. The van der Waals surface area contributed by atoms with Gasteiger partial charge in [0.15, 0.2) is 0 Å². The van der Waals surface area contributed by atoms with E-state index in [1.54, 1.807) is 13.3 Å². The zero-order chi connectivity index (χ0) is 4.83. The Bertz CT molecular complexity index is 42.8. The average Bonchev–Trinajstić information content (AvgIpc) is 1.61. The second kappa shape index (κ2) is 4.50. The topological polar surface area (TPSA) is 21.3 Å². The average molecular weight is 87.1 g/mol. The van der Waals surface area contributed by atoms with Crippen LogP contribution in [-0.4, -0.2) is 7.11 Å². The normalized spacial score (nSPS) is 9.67. The lowest BCUT2D eigenvalue weighted by molar-refractivity contribution is 0.128. The summed E-state index contributed by atoms with van der Waals surface area (Å²) in [5.74, 6) is 0. The molecule has 2 heteroatoms. The maximum absolute atomic E-state index is 4.45. The first-order valence-corrected chi connectivity index (χ1v) is 1.81. The van der Waals surface area contributed by atoms with Gasteiger partial charge in [-0.1, -0.05) is 6.08 Å². The van der Waals surface area contributed by atoms with Crippen molar-refractivity contribution in [1.29, 1.82) is 0 Å². The fourth-order valence-electron chi connectivity index (χ4n) is 0.136. The molecule has 1 N–H and O–H groups in total. The summed E-state index contributed by atoms with van der Waals surface area (Å²) in [6, 6.07) is 0. The number of hydrogen-bond acceptors (Lipinski definition) is 2. The Balaban J connectivity index is 2.66. The van der Waals surface area contributed by atoms with E-state index in [2.05, 4.69) is 10.3 Å². The van der Waals surface area contributed by atoms with Gasteiger partial charge in [-0.3, -0.25) is 10.3 Å². The first-order valence-electron chi connectivity index (χ1n) is 1.81. The molecule has 0 saturated carbocycles. The highest BCUT2D eigenvalue weighted by molar-refractivity contribution is 4.68. The molecule has 0 aliphatic heterocycles. The number of nitrogens with one attached hydrogen (secondary N) is 1. The van der Waals surface area contributed by atoms with Crippen molar-refractivity contribution in [3.63, 3.8) is 0 Å². The van der Waals surface area contributed by atoms with Crippen molar-refractivity contribution in [3.8, 4) is 0 Å². The molecule has 6 heavy (non-hydrogen) atoms. The Kier molecular flexibility index (Phi) is 4.12. The van der Waals surface area contributed by atoms with Gasteiger partial charge in [-0.15, -0.1) is 0 Å². The van der Waals surface area contributed by atoms with Crippen molar-refractivity contribution in [2.24, 2.45) is 0 Å². The van der Waals surface area contributed by atoms with Crippen LogP contribution in [0.4, 0.5) is 0 Å². The Morgan fingerprint density at radius 3 is 2.50 bits per heavy atom. The minimum atomic E-state index is 1.57. The summed E-state index contributed by atoms with van der Waals surface area (Å²) < 4.78 is 0. The predicted molar refractivity (Wildman–Crippen MR) is 25.0 cm³/mol. The lowest BCUT2D eigenvalue weighted by Gasteiger charge is -1.87. The molecule has 0 rings (SSSR count). The molecule has 0 saturated heterocycles. The van der Waals surface area contributed by atoms with Crippen molar-refractivity contribution >= 4 is 0 Å². The minimum Gasteiger partial charge on any atom is -0.280 e. The first kappa shape index (κ1) is 5.50. The third kappa shape index (κ3) is 3.50. The van der Waals surface area contributed by atoms with E-state index in [4.69, 9.17) is 0 Å². The molecule has 0 bridgehead atoms. The zero-order valence-electron chi connectivity index (χ0n) is 4.06. The van der Waals surface area contributed by atoms with Crippen LogP contribution in [0.25, 0.3) is 0 Å². The van der Waals surface area contributed by atoms with Crippen molar-refractivity contribution in [1.82, 2.24) is 5.48 Å². The predicted octanol–water partition coefficient (Wildman–Crippen LogP) is 0.671. The smallest absolute Gasteiger partial charge is 0.0636 e. The maximum Gasteiger partial charge on any atom is 0.0636 e. The van der Waals surface area contributed by atoms with E-state index in [0.29, 0.717) is 0 Å². The van der Waals surface area contributed by atoms with Crippen LogP contribution in [0.5, 0.6) is 0 Å². The molecule has 36 valence electrons. The van der Waals surface area contributed by atoms with Gasteiger partial charge in [0, 0.05) is 6.20 Å². The summed E-state index contributed by atoms with van der Waals surface area (Å²) in [6.45, 7) is 1.91. The molecule has 0 aromatic rings. The van der Waals surface area contributed by atoms with E-state index in [1.165, 1.54) is 0 Å². The fourth-order valence-corrected chi connectivity index (χ4v) is 0.136. The first-order chi connectivity index (χ1) is 2.91. The van der Waals surface area contributed by atoms with E-state index in [-0.39, 0.29) is 0 Å². The van der Waals surface area contributed by atoms with Crippen molar-refractivity contribution in [2.75, 3.05) is 7.11 Å². The molecule has 0 heterocycles. The SMILES string of the molecule is CC=CNOC. The highest BCUT2D eigenvalue weighted by atomic mass is 16.6. The standard InChI is InChI=1S/C4H9NO/c1-3-4-5-6-2/h3-5H,1-2H3. The van der Waals surface area contributed by atoms with Gasteiger partial charge in [0.05, 0.1) is 7.11 Å². The number of rotatable bonds is 2. The van der Waals surface area contributed by atoms with E-state index in [9.17, 15) is 0 Å². The van der Waals surface area contributed by atoms with E-state index < -0.39 is 0 Å². The van der Waals surface area contributed by atoms with Crippen LogP contribution in [0.3, 0.4) is 0 Å². The lowest BCUT2D eigenvalue weighted by atomic mass is 10.7. The lowest BCUT2D eigenvalue weighted by Crippen LogP contribution is -1.99. The van der Waals surface area contributed by atoms with E-state index in [0.717, 1.165) is 0 Å². The number of hydrogen-bond donors (Lipinski definition) is 1. The Morgan fingerprint density at radius 2 is 2.33 bits per heavy atom. The van der Waals surface area contributed by atoms with Gasteiger partial charge < -0.3 is 0 Å². The molecule has 0 aliphatic carbocycles. The molecule has 0 aromatic heterocycles. The molecule has 0 fully saturated rings. The number of hydroxylamine groups is 1. The van der Waals surface area contributed by atoms with Crippen LogP contribution in [0.2, 0.25) is 0 Å². The van der Waals surface area contributed by atoms with Crippen LogP contribution in [0.15, 0.2) is 12.3 Å². The molecule has 0 spiro atoms. The Morgan fingerprint density at radius 1 is 1.67 bits per heavy atom. The van der Waals surface area contributed by atoms with Crippen molar-refractivity contribution < 1.29 is 4.84 Å². The molecule has 0 radical (unpaired) electrons. The van der Waals surface area contributed by atoms with E-state index in [1.807, 2.05) is 13.0 Å².